The highest BCUT2D eigenvalue weighted by Gasteiger charge is 2.30. The zero-order chi connectivity index (χ0) is 33.4. The van der Waals surface area contributed by atoms with E-state index in [0.29, 0.717) is 33.5 Å². The normalized spacial score (nSPS) is 10.8. The van der Waals surface area contributed by atoms with E-state index in [4.69, 9.17) is 33.1 Å². The Hall–Kier alpha value is -5.35. The van der Waals surface area contributed by atoms with Crippen LogP contribution in [0, 0.1) is 16.7 Å². The van der Waals surface area contributed by atoms with Gasteiger partial charge in [-0.15, -0.1) is 0 Å². The van der Waals surface area contributed by atoms with Crippen molar-refractivity contribution in [2.24, 2.45) is 10.9 Å². The summed E-state index contributed by atoms with van der Waals surface area (Å²) in [5, 5.41) is 26.1. The van der Waals surface area contributed by atoms with Gasteiger partial charge in [0, 0.05) is 27.9 Å². The van der Waals surface area contributed by atoms with E-state index in [1.54, 1.807) is 92.7 Å². The molecule has 45 heavy (non-hydrogen) atoms. The Morgan fingerprint density at radius 3 is 2.07 bits per heavy atom. The summed E-state index contributed by atoms with van der Waals surface area (Å²) >= 11 is 5.18. The Balaban J connectivity index is 0.000000423. The average Bonchev–Trinajstić information content (AvgIpc) is 3.01. The molecule has 0 heterocycles. The highest BCUT2D eigenvalue weighted by Crippen LogP contribution is 2.27. The van der Waals surface area contributed by atoms with E-state index < -0.39 is 32.6 Å². The molecule has 230 valence electrons. The molecule has 4 aromatic rings. The number of hydrogen-bond donors (Lipinski definition) is 5. The fraction of sp³-hybridized carbons (Fsp3) is 0.0938. The topological polar surface area (TPSA) is 209 Å². The monoisotopic (exact) mass is 644 g/mol. The number of amidine groups is 1. The molecular formula is C32H29ClN6O5S. The Bertz CT molecular complexity index is 1920. The molecule has 0 bridgehead atoms. The summed E-state index contributed by atoms with van der Waals surface area (Å²) in [7, 11) is -3.90. The lowest BCUT2D eigenvalue weighted by Gasteiger charge is -2.25. The summed E-state index contributed by atoms with van der Waals surface area (Å²) in [6.07, 6.45) is 0. The second-order valence-corrected chi connectivity index (χ2v) is 12.0. The smallest absolute Gasteiger partial charge is 0.252 e. The predicted molar refractivity (Wildman–Crippen MR) is 172 cm³/mol. The van der Waals surface area contributed by atoms with E-state index in [2.05, 4.69) is 10.6 Å². The van der Waals surface area contributed by atoms with E-state index in [9.17, 15) is 22.8 Å². The number of rotatable bonds is 8. The molecule has 2 amide bonds. The van der Waals surface area contributed by atoms with Crippen LogP contribution in [0.5, 0.6) is 0 Å². The lowest BCUT2D eigenvalue weighted by molar-refractivity contribution is -0.120. The number of anilines is 1. The molecule has 0 radical (unpaired) electrons. The van der Waals surface area contributed by atoms with Crippen LogP contribution in [0.2, 0.25) is 0 Å². The summed E-state index contributed by atoms with van der Waals surface area (Å²) in [6, 6.07) is 27.4. The second kappa shape index (κ2) is 14.4. The Labute approximate surface area is 265 Å². The first-order valence-corrected chi connectivity index (χ1v) is 15.1. The molecule has 0 aliphatic rings. The quantitative estimate of drug-likeness (QED) is 0.106. The Morgan fingerprint density at radius 2 is 1.47 bits per heavy atom. The number of nitriles is 1. The van der Waals surface area contributed by atoms with Gasteiger partial charge in [-0.3, -0.25) is 19.8 Å². The number of sulfonamides is 1. The van der Waals surface area contributed by atoms with Crippen LogP contribution in [0.4, 0.5) is 5.69 Å². The standard InChI is InChI=1S/C24H25N5O4S.C8H4ClNO/c1-24(2,29-22(30)17-7-5-6-16(14-17)21(25)26)23(31)28-18-12-10-15(11-13-18)19-8-3-4-9-20(19)34(27,32)33;9-8(11)7-3-1-2-6(4-7)5-10/h3-14H,1-2H3,(H3,25,26)(H,28,31)(H,29,30)(H2,27,32,33);1-4H. The van der Waals surface area contributed by atoms with Crippen molar-refractivity contribution in [2.75, 3.05) is 5.32 Å². The number of halogens is 1. The van der Waals surface area contributed by atoms with Gasteiger partial charge >= 0.3 is 0 Å². The lowest BCUT2D eigenvalue weighted by Crippen LogP contribution is -2.52. The van der Waals surface area contributed by atoms with Crippen LogP contribution in [0.3, 0.4) is 0 Å². The molecule has 0 aromatic heterocycles. The van der Waals surface area contributed by atoms with Crippen LogP contribution in [0.15, 0.2) is 102 Å². The summed E-state index contributed by atoms with van der Waals surface area (Å²) in [5.74, 6) is -1.11. The van der Waals surface area contributed by atoms with E-state index in [1.165, 1.54) is 18.2 Å². The number of nitrogens with one attached hydrogen (secondary N) is 3. The minimum atomic E-state index is -3.90. The van der Waals surface area contributed by atoms with E-state index in [1.807, 2.05) is 6.07 Å². The molecule has 0 unspecified atom stereocenters. The Morgan fingerprint density at radius 1 is 0.867 bits per heavy atom. The van der Waals surface area contributed by atoms with Crippen LogP contribution in [0.25, 0.3) is 11.1 Å². The van der Waals surface area contributed by atoms with Gasteiger partial charge < -0.3 is 16.4 Å². The summed E-state index contributed by atoms with van der Waals surface area (Å²) in [6.45, 7) is 3.12. The van der Waals surface area contributed by atoms with Gasteiger partial charge in [0.1, 0.15) is 11.4 Å². The minimum Gasteiger partial charge on any atom is -0.384 e. The molecule has 0 saturated carbocycles. The SMILES string of the molecule is CC(C)(NC(=O)c1cccc(C(=N)N)c1)C(=O)Nc1ccc(-c2ccccc2S(N)(=O)=O)cc1.N#Cc1cccc(C(=O)Cl)c1. The predicted octanol–water partition coefficient (Wildman–Crippen LogP) is 4.37. The van der Waals surface area contributed by atoms with E-state index >= 15 is 0 Å². The number of hydrogen-bond acceptors (Lipinski definition) is 7. The number of nitrogens with zero attached hydrogens (tertiary/aromatic N) is 1. The molecule has 13 heteroatoms. The fourth-order valence-electron chi connectivity index (χ4n) is 3.93. The van der Waals surface area contributed by atoms with Gasteiger partial charge in [-0.05, 0) is 73.5 Å². The maximum Gasteiger partial charge on any atom is 0.252 e. The van der Waals surface area contributed by atoms with Crippen molar-refractivity contribution >= 4 is 50.2 Å². The number of carbonyl (C=O) groups is 3. The third-order valence-electron chi connectivity index (χ3n) is 6.30. The third kappa shape index (κ3) is 9.32. The summed E-state index contributed by atoms with van der Waals surface area (Å²) < 4.78 is 23.7. The molecule has 0 spiro atoms. The summed E-state index contributed by atoms with van der Waals surface area (Å²) in [5.41, 5.74) is 7.20. The molecule has 0 aliphatic heterocycles. The van der Waals surface area contributed by atoms with Gasteiger partial charge in [-0.25, -0.2) is 13.6 Å². The van der Waals surface area contributed by atoms with Gasteiger partial charge in [0.15, 0.2) is 0 Å². The number of benzene rings is 4. The van der Waals surface area contributed by atoms with Gasteiger partial charge in [0.25, 0.3) is 11.1 Å². The highest BCUT2D eigenvalue weighted by atomic mass is 35.5. The third-order valence-corrected chi connectivity index (χ3v) is 7.48. The average molecular weight is 645 g/mol. The van der Waals surface area contributed by atoms with Crippen LogP contribution >= 0.6 is 11.6 Å². The van der Waals surface area contributed by atoms with Crippen LogP contribution in [0.1, 0.15) is 45.7 Å². The first kappa shape index (κ1) is 34.1. The molecule has 0 atom stereocenters. The van der Waals surface area contributed by atoms with Crippen molar-refractivity contribution < 1.29 is 22.8 Å². The van der Waals surface area contributed by atoms with Crippen molar-refractivity contribution in [3.8, 4) is 17.2 Å². The van der Waals surface area contributed by atoms with Crippen molar-refractivity contribution in [1.29, 1.82) is 10.7 Å². The number of primary sulfonamides is 1. The molecule has 4 aromatic carbocycles. The fourth-order valence-corrected chi connectivity index (χ4v) is 4.80. The van der Waals surface area contributed by atoms with Gasteiger partial charge in [0.2, 0.25) is 15.9 Å². The Kier molecular flexibility index (Phi) is 10.9. The maximum atomic E-state index is 12.8. The van der Waals surface area contributed by atoms with Crippen molar-refractivity contribution in [2.45, 2.75) is 24.3 Å². The largest absolute Gasteiger partial charge is 0.384 e. The van der Waals surface area contributed by atoms with E-state index in [0.717, 1.165) is 0 Å². The zero-order valence-electron chi connectivity index (χ0n) is 24.2. The molecule has 0 saturated heterocycles. The van der Waals surface area contributed by atoms with Crippen LogP contribution in [-0.4, -0.2) is 36.8 Å². The molecular weight excluding hydrogens is 616 g/mol. The minimum absolute atomic E-state index is 0.00414. The molecule has 0 aliphatic carbocycles. The van der Waals surface area contributed by atoms with Gasteiger partial charge in [-0.1, -0.05) is 54.6 Å². The summed E-state index contributed by atoms with van der Waals surface area (Å²) in [4.78, 5) is 36.1. The molecule has 0 fully saturated rings. The highest BCUT2D eigenvalue weighted by molar-refractivity contribution is 7.89. The van der Waals surface area contributed by atoms with E-state index in [-0.39, 0.29) is 16.3 Å². The van der Waals surface area contributed by atoms with Crippen molar-refractivity contribution in [1.82, 2.24) is 5.32 Å². The second-order valence-electron chi connectivity index (χ2n) is 10.1. The molecule has 7 N–H and O–H groups in total. The van der Waals surface area contributed by atoms with Crippen LogP contribution in [-0.2, 0) is 14.8 Å². The number of carbonyl (C=O) groups excluding carboxylic acids is 3. The lowest BCUT2D eigenvalue weighted by atomic mass is 10.0. The molecule has 11 nitrogen and oxygen atoms in total. The van der Waals surface area contributed by atoms with Crippen molar-refractivity contribution in [3.63, 3.8) is 0 Å². The van der Waals surface area contributed by atoms with Gasteiger partial charge in [0.05, 0.1) is 16.5 Å². The van der Waals surface area contributed by atoms with Crippen LogP contribution < -0.4 is 21.5 Å². The number of nitrogen functional groups attached to an aromatic ring is 1. The number of amides is 2. The zero-order valence-corrected chi connectivity index (χ0v) is 25.7. The van der Waals surface area contributed by atoms with Gasteiger partial charge in [-0.2, -0.15) is 5.26 Å². The maximum absolute atomic E-state index is 12.8. The number of nitrogens with two attached hydrogens (primary N) is 2. The first-order chi connectivity index (χ1) is 21.1. The van der Waals surface area contributed by atoms with Crippen molar-refractivity contribution in [3.05, 3.63) is 119 Å². The first-order valence-electron chi connectivity index (χ1n) is 13.1. The molecule has 4 rings (SSSR count).